The lowest BCUT2D eigenvalue weighted by atomic mass is 10.1. The van der Waals surface area contributed by atoms with Crippen LogP contribution in [0.5, 0.6) is 0 Å². The summed E-state index contributed by atoms with van der Waals surface area (Å²) in [5.41, 5.74) is 0.515. The van der Waals surface area contributed by atoms with Crippen LogP contribution in [0, 0.1) is 0 Å². The van der Waals surface area contributed by atoms with Crippen LogP contribution in [0.1, 0.15) is 23.2 Å². The van der Waals surface area contributed by atoms with Crippen LogP contribution in [0.3, 0.4) is 0 Å². The number of nitrogens with one attached hydrogen (secondary N) is 1. The van der Waals surface area contributed by atoms with E-state index in [1.807, 2.05) is 0 Å². The minimum Gasteiger partial charge on any atom is -0.383 e. The Hall–Kier alpha value is -0.810. The van der Waals surface area contributed by atoms with Crippen molar-refractivity contribution in [2.24, 2.45) is 0 Å². The van der Waals surface area contributed by atoms with E-state index in [1.165, 1.54) is 0 Å². The molecule has 0 spiro atoms. The molecule has 1 atom stereocenters. The molecule has 1 N–H and O–H groups in total. The molecule has 0 bridgehead atoms. The molecule has 0 aliphatic carbocycles. The second-order valence-electron chi connectivity index (χ2n) is 5.20. The summed E-state index contributed by atoms with van der Waals surface area (Å²) in [5, 5.41) is 4.34. The first kappa shape index (κ1) is 16.6. The first-order valence-corrected chi connectivity index (χ1v) is 7.83. The summed E-state index contributed by atoms with van der Waals surface area (Å²) in [6.45, 7) is 2.75. The highest BCUT2D eigenvalue weighted by molar-refractivity contribution is 6.35. The summed E-state index contributed by atoms with van der Waals surface area (Å²) >= 11 is 12.0. The summed E-state index contributed by atoms with van der Waals surface area (Å²) in [5.74, 6) is -0.0647. The zero-order valence-electron chi connectivity index (χ0n) is 12.1. The zero-order chi connectivity index (χ0) is 15.2. The van der Waals surface area contributed by atoms with Crippen LogP contribution in [-0.2, 0) is 4.74 Å². The first-order valence-electron chi connectivity index (χ1n) is 7.08. The van der Waals surface area contributed by atoms with E-state index in [9.17, 15) is 4.79 Å². The van der Waals surface area contributed by atoms with Gasteiger partial charge in [0.25, 0.3) is 5.91 Å². The van der Waals surface area contributed by atoms with E-state index in [1.54, 1.807) is 30.2 Å². The highest BCUT2D eigenvalue weighted by atomic mass is 35.5. The maximum Gasteiger partial charge on any atom is 0.254 e. The first-order chi connectivity index (χ1) is 10.1. The van der Waals surface area contributed by atoms with Crippen molar-refractivity contribution in [3.8, 4) is 0 Å². The molecule has 1 unspecified atom stereocenters. The summed E-state index contributed by atoms with van der Waals surface area (Å²) in [6.07, 6.45) is 2.24. The van der Waals surface area contributed by atoms with Crippen molar-refractivity contribution in [3.05, 3.63) is 33.8 Å². The number of benzene rings is 1. The molecule has 1 saturated heterocycles. The van der Waals surface area contributed by atoms with Gasteiger partial charge in [-0.05, 0) is 37.6 Å². The van der Waals surface area contributed by atoms with Crippen molar-refractivity contribution in [3.63, 3.8) is 0 Å². The van der Waals surface area contributed by atoms with Gasteiger partial charge in [0.1, 0.15) is 0 Å². The topological polar surface area (TPSA) is 41.6 Å². The van der Waals surface area contributed by atoms with E-state index >= 15 is 0 Å². The van der Waals surface area contributed by atoms with Gasteiger partial charge in [0.2, 0.25) is 0 Å². The molecule has 1 aromatic carbocycles. The van der Waals surface area contributed by atoms with E-state index in [0.717, 1.165) is 19.4 Å². The van der Waals surface area contributed by atoms with Crippen LogP contribution in [0.25, 0.3) is 0 Å². The van der Waals surface area contributed by atoms with Gasteiger partial charge in [-0.25, -0.2) is 0 Å². The Morgan fingerprint density at radius 2 is 2.10 bits per heavy atom. The second kappa shape index (κ2) is 7.99. The third-order valence-corrected chi connectivity index (χ3v) is 4.00. The highest BCUT2D eigenvalue weighted by Gasteiger charge is 2.22. The van der Waals surface area contributed by atoms with Crippen LogP contribution < -0.4 is 5.32 Å². The minimum atomic E-state index is -0.0647. The fourth-order valence-electron chi connectivity index (χ4n) is 2.52. The fraction of sp³-hybridized carbons (Fsp3) is 0.533. The molecule has 1 aliphatic rings. The molecule has 2 rings (SSSR count). The number of hydrogen-bond donors (Lipinski definition) is 1. The number of halogens is 2. The van der Waals surface area contributed by atoms with Gasteiger partial charge in [-0.3, -0.25) is 4.79 Å². The Morgan fingerprint density at radius 1 is 1.38 bits per heavy atom. The lowest BCUT2D eigenvalue weighted by Crippen LogP contribution is -2.42. The van der Waals surface area contributed by atoms with Gasteiger partial charge in [-0.1, -0.05) is 23.2 Å². The van der Waals surface area contributed by atoms with Crippen molar-refractivity contribution in [2.75, 3.05) is 33.4 Å². The molecule has 1 heterocycles. The zero-order valence-corrected chi connectivity index (χ0v) is 13.6. The summed E-state index contributed by atoms with van der Waals surface area (Å²) in [4.78, 5) is 14.5. The number of rotatable bonds is 6. The largest absolute Gasteiger partial charge is 0.383 e. The molecular weight excluding hydrogens is 311 g/mol. The molecular formula is C15H20Cl2N2O2. The van der Waals surface area contributed by atoms with E-state index in [0.29, 0.717) is 41.3 Å². The predicted molar refractivity (Wildman–Crippen MR) is 85.3 cm³/mol. The minimum absolute atomic E-state index is 0.0647. The summed E-state index contributed by atoms with van der Waals surface area (Å²) in [7, 11) is 1.63. The predicted octanol–water partition coefficient (Wildman–Crippen LogP) is 2.83. The molecule has 1 amide bonds. The van der Waals surface area contributed by atoms with Crippen LogP contribution >= 0.6 is 23.2 Å². The van der Waals surface area contributed by atoms with Gasteiger partial charge in [0, 0.05) is 41.8 Å². The van der Waals surface area contributed by atoms with Crippen molar-refractivity contribution in [1.82, 2.24) is 10.2 Å². The van der Waals surface area contributed by atoms with E-state index in [-0.39, 0.29) is 5.91 Å². The number of carbonyl (C=O) groups is 1. The number of nitrogens with zero attached hydrogens (tertiary/aromatic N) is 1. The number of amides is 1. The molecule has 0 saturated carbocycles. The molecule has 1 fully saturated rings. The SMILES string of the molecule is COCCN(CC1CCCN1)C(=O)c1cc(Cl)cc(Cl)c1. The fourth-order valence-corrected chi connectivity index (χ4v) is 3.04. The van der Waals surface area contributed by atoms with Crippen molar-refractivity contribution in [1.29, 1.82) is 0 Å². The Balaban J connectivity index is 2.11. The number of carbonyl (C=O) groups excluding carboxylic acids is 1. The molecule has 0 radical (unpaired) electrons. The van der Waals surface area contributed by atoms with Gasteiger partial charge in [-0.15, -0.1) is 0 Å². The summed E-state index contributed by atoms with van der Waals surface area (Å²) in [6, 6.07) is 5.27. The van der Waals surface area contributed by atoms with Crippen LogP contribution in [-0.4, -0.2) is 50.2 Å². The molecule has 21 heavy (non-hydrogen) atoms. The average molecular weight is 331 g/mol. The maximum atomic E-state index is 12.7. The van der Waals surface area contributed by atoms with Crippen LogP contribution in [0.4, 0.5) is 0 Å². The monoisotopic (exact) mass is 330 g/mol. The Bertz CT molecular complexity index is 470. The third kappa shape index (κ3) is 4.85. The standard InChI is InChI=1S/C15H20Cl2N2O2/c1-21-6-5-19(10-14-3-2-4-18-14)15(20)11-7-12(16)9-13(17)8-11/h7-9,14,18H,2-6,10H2,1H3. The van der Waals surface area contributed by atoms with Gasteiger partial charge >= 0.3 is 0 Å². The van der Waals surface area contributed by atoms with Gasteiger partial charge < -0.3 is 15.0 Å². The number of methoxy groups -OCH3 is 1. The van der Waals surface area contributed by atoms with Crippen LogP contribution in [0.15, 0.2) is 18.2 Å². The number of hydrogen-bond acceptors (Lipinski definition) is 3. The normalized spacial score (nSPS) is 18.0. The second-order valence-corrected chi connectivity index (χ2v) is 6.07. The number of ether oxygens (including phenoxy) is 1. The third-order valence-electron chi connectivity index (χ3n) is 3.57. The Kier molecular flexibility index (Phi) is 6.30. The van der Waals surface area contributed by atoms with Gasteiger partial charge in [-0.2, -0.15) is 0 Å². The maximum absolute atomic E-state index is 12.7. The lowest BCUT2D eigenvalue weighted by molar-refractivity contribution is 0.0679. The van der Waals surface area contributed by atoms with E-state index in [2.05, 4.69) is 5.32 Å². The molecule has 0 aromatic heterocycles. The Labute approximate surface area is 135 Å². The summed E-state index contributed by atoms with van der Waals surface area (Å²) < 4.78 is 5.10. The van der Waals surface area contributed by atoms with Crippen molar-refractivity contribution in [2.45, 2.75) is 18.9 Å². The molecule has 4 nitrogen and oxygen atoms in total. The smallest absolute Gasteiger partial charge is 0.254 e. The van der Waals surface area contributed by atoms with E-state index < -0.39 is 0 Å². The molecule has 116 valence electrons. The molecule has 6 heteroatoms. The Morgan fingerprint density at radius 3 is 2.67 bits per heavy atom. The molecule has 1 aromatic rings. The van der Waals surface area contributed by atoms with Crippen LogP contribution in [0.2, 0.25) is 10.0 Å². The van der Waals surface area contributed by atoms with Crippen molar-refractivity contribution >= 4 is 29.1 Å². The van der Waals surface area contributed by atoms with Gasteiger partial charge in [0.05, 0.1) is 6.61 Å². The van der Waals surface area contributed by atoms with Gasteiger partial charge in [0.15, 0.2) is 0 Å². The molecule has 1 aliphatic heterocycles. The average Bonchev–Trinajstić information content (AvgIpc) is 2.94. The quantitative estimate of drug-likeness (QED) is 0.872. The van der Waals surface area contributed by atoms with E-state index in [4.69, 9.17) is 27.9 Å². The van der Waals surface area contributed by atoms with Crippen molar-refractivity contribution < 1.29 is 9.53 Å². The lowest BCUT2D eigenvalue weighted by Gasteiger charge is -2.26. The highest BCUT2D eigenvalue weighted by Crippen LogP contribution is 2.20.